The van der Waals surface area contributed by atoms with Gasteiger partial charge in [0.25, 0.3) is 0 Å². The zero-order valence-corrected chi connectivity index (χ0v) is 16.2. The molecule has 1 amide bonds. The van der Waals surface area contributed by atoms with Crippen LogP contribution < -0.4 is 5.32 Å². The number of allylic oxidation sites excluding steroid dienone is 1. The van der Waals surface area contributed by atoms with E-state index in [1.807, 2.05) is 73.0 Å². The number of rotatable bonds is 7. The molecule has 0 aliphatic heterocycles. The fraction of sp³-hybridized carbons (Fsp3) is 0.190. The molecule has 0 radical (unpaired) electrons. The molecule has 0 aliphatic carbocycles. The van der Waals surface area contributed by atoms with Crippen molar-refractivity contribution in [1.29, 1.82) is 0 Å². The number of amides is 1. The molecule has 0 fully saturated rings. The predicted molar refractivity (Wildman–Crippen MR) is 111 cm³/mol. The highest BCUT2D eigenvalue weighted by Crippen LogP contribution is 2.27. The number of nitrogens with zero attached hydrogens (tertiary/aromatic N) is 3. The van der Waals surface area contributed by atoms with Gasteiger partial charge in [0.05, 0.1) is 5.25 Å². The normalized spacial score (nSPS) is 11.8. The standard InChI is InChI=1S/C21H22N4OS/c1-4-14-25-19(17-8-6-5-7-9-17)23-24-21(25)27-16(3)20(26)22-18-12-10-15(2)11-13-18/h4-13,16H,1,14H2,2-3H3,(H,22,26)/t16-/m1/s1. The van der Waals surface area contributed by atoms with Crippen LogP contribution in [-0.2, 0) is 11.3 Å². The minimum Gasteiger partial charge on any atom is -0.325 e. The topological polar surface area (TPSA) is 59.8 Å². The summed E-state index contributed by atoms with van der Waals surface area (Å²) in [4.78, 5) is 12.5. The average molecular weight is 379 g/mol. The molecule has 138 valence electrons. The van der Waals surface area contributed by atoms with Gasteiger partial charge in [-0.15, -0.1) is 16.8 Å². The Morgan fingerprint density at radius 2 is 1.89 bits per heavy atom. The zero-order valence-electron chi connectivity index (χ0n) is 15.4. The van der Waals surface area contributed by atoms with Crippen molar-refractivity contribution in [3.8, 4) is 11.4 Å². The number of hydrogen-bond acceptors (Lipinski definition) is 4. The molecule has 0 bridgehead atoms. The van der Waals surface area contributed by atoms with Crippen molar-refractivity contribution < 1.29 is 4.79 Å². The Kier molecular flexibility index (Phi) is 6.08. The highest BCUT2D eigenvalue weighted by atomic mass is 32.2. The van der Waals surface area contributed by atoms with E-state index in [9.17, 15) is 4.79 Å². The van der Waals surface area contributed by atoms with Crippen LogP contribution in [0.2, 0.25) is 0 Å². The van der Waals surface area contributed by atoms with Crippen molar-refractivity contribution in [1.82, 2.24) is 14.8 Å². The molecule has 1 atom stereocenters. The molecule has 0 aliphatic rings. The van der Waals surface area contributed by atoms with E-state index >= 15 is 0 Å². The molecule has 6 heteroatoms. The summed E-state index contributed by atoms with van der Waals surface area (Å²) in [6, 6.07) is 17.6. The minimum absolute atomic E-state index is 0.0710. The quantitative estimate of drug-likeness (QED) is 0.484. The summed E-state index contributed by atoms with van der Waals surface area (Å²) < 4.78 is 1.97. The summed E-state index contributed by atoms with van der Waals surface area (Å²) in [5, 5.41) is 11.9. The van der Waals surface area contributed by atoms with Gasteiger partial charge in [-0.2, -0.15) is 0 Å². The van der Waals surface area contributed by atoms with Crippen LogP contribution in [-0.4, -0.2) is 25.9 Å². The van der Waals surface area contributed by atoms with Gasteiger partial charge in [-0.3, -0.25) is 9.36 Å². The fourth-order valence-electron chi connectivity index (χ4n) is 2.56. The van der Waals surface area contributed by atoms with Crippen molar-refractivity contribution in [3.05, 3.63) is 72.8 Å². The molecule has 2 aromatic carbocycles. The Morgan fingerprint density at radius 3 is 2.56 bits per heavy atom. The fourth-order valence-corrected chi connectivity index (χ4v) is 3.42. The van der Waals surface area contributed by atoms with Crippen LogP contribution in [0.3, 0.4) is 0 Å². The maximum atomic E-state index is 12.5. The first-order valence-corrected chi connectivity index (χ1v) is 9.60. The third-order valence-corrected chi connectivity index (χ3v) is 5.11. The number of carbonyl (C=O) groups excluding carboxylic acids is 1. The van der Waals surface area contributed by atoms with Crippen LogP contribution in [0.25, 0.3) is 11.4 Å². The Bertz CT molecular complexity index is 919. The summed E-state index contributed by atoms with van der Waals surface area (Å²) >= 11 is 1.39. The summed E-state index contributed by atoms with van der Waals surface area (Å²) in [5.41, 5.74) is 2.92. The van der Waals surface area contributed by atoms with Crippen molar-refractivity contribution in [2.75, 3.05) is 5.32 Å². The molecule has 3 rings (SSSR count). The van der Waals surface area contributed by atoms with Gasteiger partial charge in [0.15, 0.2) is 11.0 Å². The van der Waals surface area contributed by atoms with E-state index in [1.54, 1.807) is 6.08 Å². The first-order chi connectivity index (χ1) is 13.1. The van der Waals surface area contributed by atoms with Crippen LogP contribution in [0.15, 0.2) is 72.4 Å². The minimum atomic E-state index is -0.317. The lowest BCUT2D eigenvalue weighted by atomic mass is 10.2. The van der Waals surface area contributed by atoms with Gasteiger partial charge in [-0.1, -0.05) is 65.9 Å². The lowest BCUT2D eigenvalue weighted by Gasteiger charge is -2.13. The van der Waals surface area contributed by atoms with Gasteiger partial charge < -0.3 is 5.32 Å². The second-order valence-corrected chi connectivity index (χ2v) is 7.49. The molecule has 3 aromatic rings. The number of aryl methyl sites for hydroxylation is 1. The van der Waals surface area contributed by atoms with Gasteiger partial charge in [-0.05, 0) is 26.0 Å². The van der Waals surface area contributed by atoms with E-state index in [0.29, 0.717) is 11.7 Å². The molecular weight excluding hydrogens is 356 g/mol. The van der Waals surface area contributed by atoms with E-state index < -0.39 is 0 Å². The van der Waals surface area contributed by atoms with Crippen LogP contribution in [0.5, 0.6) is 0 Å². The van der Waals surface area contributed by atoms with E-state index in [2.05, 4.69) is 22.1 Å². The number of thioether (sulfide) groups is 1. The summed E-state index contributed by atoms with van der Waals surface area (Å²) in [6.07, 6.45) is 1.80. The predicted octanol–water partition coefficient (Wildman–Crippen LogP) is 4.56. The van der Waals surface area contributed by atoms with Crippen molar-refractivity contribution in [2.45, 2.75) is 30.8 Å². The second-order valence-electron chi connectivity index (χ2n) is 6.19. The van der Waals surface area contributed by atoms with E-state index in [4.69, 9.17) is 0 Å². The van der Waals surface area contributed by atoms with Crippen LogP contribution in [0.4, 0.5) is 5.69 Å². The first kappa shape index (κ1) is 18.9. The van der Waals surface area contributed by atoms with Crippen LogP contribution in [0, 0.1) is 6.92 Å². The molecule has 0 unspecified atom stereocenters. The molecule has 27 heavy (non-hydrogen) atoms. The van der Waals surface area contributed by atoms with Crippen LogP contribution in [0.1, 0.15) is 12.5 Å². The van der Waals surface area contributed by atoms with Gasteiger partial charge in [-0.25, -0.2) is 0 Å². The summed E-state index contributed by atoms with van der Waals surface area (Å²) in [5.74, 6) is 0.697. The van der Waals surface area contributed by atoms with Crippen LogP contribution >= 0.6 is 11.8 Å². The summed E-state index contributed by atoms with van der Waals surface area (Å²) in [6.45, 7) is 8.28. The lowest BCUT2D eigenvalue weighted by molar-refractivity contribution is -0.115. The number of anilines is 1. The number of aromatic nitrogens is 3. The lowest BCUT2D eigenvalue weighted by Crippen LogP contribution is -2.23. The molecule has 0 saturated carbocycles. The molecule has 5 nitrogen and oxygen atoms in total. The molecule has 0 spiro atoms. The maximum Gasteiger partial charge on any atom is 0.237 e. The van der Waals surface area contributed by atoms with Crippen molar-refractivity contribution in [2.24, 2.45) is 0 Å². The zero-order chi connectivity index (χ0) is 19.2. The SMILES string of the molecule is C=CCn1c(S[C@H](C)C(=O)Nc2ccc(C)cc2)nnc1-c1ccccc1. The summed E-state index contributed by atoms with van der Waals surface area (Å²) in [7, 11) is 0. The van der Waals surface area contributed by atoms with Gasteiger partial charge in [0, 0.05) is 17.8 Å². The third-order valence-electron chi connectivity index (χ3n) is 4.03. The smallest absolute Gasteiger partial charge is 0.237 e. The number of nitrogens with one attached hydrogen (secondary N) is 1. The van der Waals surface area contributed by atoms with E-state index in [1.165, 1.54) is 11.8 Å². The Labute approximate surface area is 163 Å². The van der Waals surface area contributed by atoms with E-state index in [0.717, 1.165) is 22.6 Å². The molecule has 1 N–H and O–H groups in total. The first-order valence-electron chi connectivity index (χ1n) is 8.72. The Morgan fingerprint density at radius 1 is 1.19 bits per heavy atom. The van der Waals surface area contributed by atoms with Gasteiger partial charge >= 0.3 is 0 Å². The second kappa shape index (κ2) is 8.68. The number of benzene rings is 2. The average Bonchev–Trinajstić information content (AvgIpc) is 3.07. The number of hydrogen-bond donors (Lipinski definition) is 1. The molecule has 0 saturated heterocycles. The Hall–Kier alpha value is -2.86. The van der Waals surface area contributed by atoms with Gasteiger partial charge in [0.2, 0.25) is 5.91 Å². The van der Waals surface area contributed by atoms with Crippen molar-refractivity contribution in [3.63, 3.8) is 0 Å². The molecule has 1 aromatic heterocycles. The molecule has 1 heterocycles. The maximum absolute atomic E-state index is 12.5. The molecular formula is C21H22N4OS. The highest BCUT2D eigenvalue weighted by molar-refractivity contribution is 8.00. The monoisotopic (exact) mass is 378 g/mol. The third kappa shape index (κ3) is 4.65. The highest BCUT2D eigenvalue weighted by Gasteiger charge is 2.20. The largest absolute Gasteiger partial charge is 0.325 e. The number of carbonyl (C=O) groups is 1. The van der Waals surface area contributed by atoms with E-state index in [-0.39, 0.29) is 11.2 Å². The van der Waals surface area contributed by atoms with Crippen molar-refractivity contribution >= 4 is 23.4 Å². The van der Waals surface area contributed by atoms with Gasteiger partial charge in [0.1, 0.15) is 0 Å². The Balaban J connectivity index is 1.76.